The Morgan fingerprint density at radius 1 is 1.25 bits per heavy atom. The highest BCUT2D eigenvalue weighted by atomic mass is 19.1. The molecular weight excluding hydrogens is 365 g/mol. The third-order valence-electron chi connectivity index (χ3n) is 4.80. The number of aryl methyl sites for hydroxylation is 1. The van der Waals surface area contributed by atoms with E-state index in [1.807, 2.05) is 0 Å². The van der Waals surface area contributed by atoms with E-state index in [-0.39, 0.29) is 17.1 Å². The van der Waals surface area contributed by atoms with Crippen LogP contribution in [0.25, 0.3) is 0 Å². The van der Waals surface area contributed by atoms with E-state index in [0.29, 0.717) is 17.7 Å². The third-order valence-corrected chi connectivity index (χ3v) is 4.80. The van der Waals surface area contributed by atoms with Gasteiger partial charge in [0.25, 0.3) is 0 Å². The smallest absolute Gasteiger partial charge is 0.235 e. The Hall–Kier alpha value is -3.06. The van der Waals surface area contributed by atoms with E-state index in [1.165, 1.54) is 37.1 Å². The van der Waals surface area contributed by atoms with Crippen LogP contribution in [0.4, 0.5) is 4.39 Å². The summed E-state index contributed by atoms with van der Waals surface area (Å²) in [6.45, 7) is 3.60. The van der Waals surface area contributed by atoms with E-state index in [0.717, 1.165) is 5.56 Å². The van der Waals surface area contributed by atoms with Crippen LogP contribution in [0.3, 0.4) is 0 Å². The fourth-order valence-electron chi connectivity index (χ4n) is 2.86. The lowest BCUT2D eigenvalue weighted by atomic mass is 9.99. The zero-order valence-corrected chi connectivity index (χ0v) is 16.1. The number of aromatic hydroxyl groups is 2. The van der Waals surface area contributed by atoms with Gasteiger partial charge in [0.05, 0.1) is 5.56 Å². The lowest BCUT2D eigenvalue weighted by molar-refractivity contribution is 0.000372. The molecule has 0 saturated heterocycles. The monoisotopic (exact) mass is 387 g/mol. The molecule has 6 nitrogen and oxygen atoms in total. The number of carbonyl (C=O) groups excluding carboxylic acids is 1. The molecule has 0 spiro atoms. The quantitative estimate of drug-likeness (QED) is 0.627. The van der Waals surface area contributed by atoms with Gasteiger partial charge < -0.3 is 23.9 Å². The van der Waals surface area contributed by atoms with Gasteiger partial charge in [-0.05, 0) is 37.6 Å². The molecule has 2 N–H and O–H groups in total. The molecule has 7 heteroatoms. The van der Waals surface area contributed by atoms with Crippen molar-refractivity contribution in [3.8, 4) is 11.6 Å². The number of carbonyl (C=O) groups is 1. The van der Waals surface area contributed by atoms with Gasteiger partial charge in [0.1, 0.15) is 17.2 Å². The van der Waals surface area contributed by atoms with Crippen LogP contribution in [0.15, 0.2) is 40.9 Å². The largest absolute Gasteiger partial charge is 0.503 e. The summed E-state index contributed by atoms with van der Waals surface area (Å²) in [5, 5.41) is 19.9. The van der Waals surface area contributed by atoms with E-state index in [9.17, 15) is 19.4 Å². The van der Waals surface area contributed by atoms with Crippen molar-refractivity contribution in [2.24, 2.45) is 7.05 Å². The zero-order valence-electron chi connectivity index (χ0n) is 16.1. The average Bonchev–Trinajstić information content (AvgIpc) is 3.20. The molecule has 0 aliphatic heterocycles. The molecule has 3 rings (SSSR count). The molecule has 0 saturated carbocycles. The number of benzene rings is 1. The number of furan rings is 1. The second kappa shape index (κ2) is 7.16. The number of hydrogen-bond acceptors (Lipinski definition) is 5. The summed E-state index contributed by atoms with van der Waals surface area (Å²) in [5.74, 6) is -1.36. The average molecular weight is 387 g/mol. The van der Waals surface area contributed by atoms with Crippen molar-refractivity contribution >= 4 is 5.78 Å². The van der Waals surface area contributed by atoms with Gasteiger partial charge in [-0.15, -0.1) is 0 Å². The molecule has 0 fully saturated rings. The molecule has 0 radical (unpaired) electrons. The van der Waals surface area contributed by atoms with E-state index < -0.39 is 23.0 Å². The normalized spacial score (nSPS) is 11.8. The molecule has 0 aliphatic rings. The van der Waals surface area contributed by atoms with Crippen molar-refractivity contribution in [2.45, 2.75) is 25.9 Å². The molecule has 28 heavy (non-hydrogen) atoms. The summed E-state index contributed by atoms with van der Waals surface area (Å²) in [7, 11) is 3.04. The predicted molar refractivity (Wildman–Crippen MR) is 100 cm³/mol. The first-order valence-electron chi connectivity index (χ1n) is 8.68. The fourth-order valence-corrected chi connectivity index (χ4v) is 2.86. The Morgan fingerprint density at radius 2 is 1.89 bits per heavy atom. The van der Waals surface area contributed by atoms with E-state index in [4.69, 9.17) is 9.15 Å². The summed E-state index contributed by atoms with van der Waals surface area (Å²) in [6.07, 6.45) is 1.66. The Bertz CT molecular complexity index is 1010. The van der Waals surface area contributed by atoms with Crippen LogP contribution < -0.4 is 0 Å². The minimum Gasteiger partial charge on any atom is -0.503 e. The van der Waals surface area contributed by atoms with Gasteiger partial charge in [0, 0.05) is 32.3 Å². The molecule has 1 aromatic carbocycles. The molecular formula is C21H22FNO5. The predicted octanol–water partition coefficient (Wildman–Crippen LogP) is 3.87. The van der Waals surface area contributed by atoms with Gasteiger partial charge in [0.2, 0.25) is 11.7 Å². The Balaban J connectivity index is 2.08. The zero-order chi connectivity index (χ0) is 20.6. The number of ketones is 1. The molecule has 2 aromatic heterocycles. The van der Waals surface area contributed by atoms with Crippen LogP contribution in [0.2, 0.25) is 0 Å². The number of hydrogen-bond donors (Lipinski definition) is 2. The Kier molecular flexibility index (Phi) is 5.04. The first-order chi connectivity index (χ1) is 13.1. The van der Waals surface area contributed by atoms with Gasteiger partial charge in [-0.3, -0.25) is 4.79 Å². The number of rotatable bonds is 6. The number of aromatic nitrogens is 1. The lowest BCUT2D eigenvalue weighted by Crippen LogP contribution is -2.18. The van der Waals surface area contributed by atoms with E-state index in [1.54, 1.807) is 32.0 Å². The molecule has 0 amide bonds. The maximum atomic E-state index is 13.2. The van der Waals surface area contributed by atoms with Gasteiger partial charge in [-0.2, -0.15) is 0 Å². The Labute approximate surface area is 161 Å². The van der Waals surface area contributed by atoms with Crippen molar-refractivity contribution in [2.75, 3.05) is 7.11 Å². The topological polar surface area (TPSA) is 84.8 Å². The Morgan fingerprint density at radius 3 is 2.43 bits per heavy atom. The van der Waals surface area contributed by atoms with E-state index in [2.05, 4.69) is 0 Å². The fraction of sp³-hybridized carbons (Fsp3) is 0.286. The highest BCUT2D eigenvalue weighted by Crippen LogP contribution is 2.35. The van der Waals surface area contributed by atoms with Crippen LogP contribution in [0.1, 0.15) is 46.9 Å². The van der Waals surface area contributed by atoms with Crippen LogP contribution in [0, 0.1) is 5.82 Å². The molecule has 2 heterocycles. The van der Waals surface area contributed by atoms with Crippen LogP contribution in [-0.2, 0) is 23.8 Å². The van der Waals surface area contributed by atoms with Crippen LogP contribution >= 0.6 is 0 Å². The highest BCUT2D eigenvalue weighted by molar-refractivity contribution is 6.10. The van der Waals surface area contributed by atoms with Crippen molar-refractivity contribution in [3.63, 3.8) is 0 Å². The molecule has 0 bridgehead atoms. The van der Waals surface area contributed by atoms with Crippen molar-refractivity contribution < 1.29 is 28.6 Å². The van der Waals surface area contributed by atoms with Gasteiger partial charge in [-0.1, -0.05) is 12.1 Å². The molecule has 3 aromatic rings. The minimum absolute atomic E-state index is 0.0327. The third kappa shape index (κ3) is 3.53. The summed E-state index contributed by atoms with van der Waals surface area (Å²) in [5.41, 5.74) is 0.505. The van der Waals surface area contributed by atoms with Crippen LogP contribution in [0.5, 0.6) is 11.6 Å². The standard InChI is InChI=1S/C21H22FNO5/c1-21(2,27-4)16-10-13(9-12-5-7-14(22)8-6-12)19(28-16)17(24)15-11-23(3)20(26)18(15)25/h5-8,10-11,25-26H,9H2,1-4H3. The second-order valence-corrected chi connectivity index (χ2v) is 7.14. The maximum absolute atomic E-state index is 13.2. The van der Waals surface area contributed by atoms with Crippen molar-refractivity contribution in [1.82, 2.24) is 4.57 Å². The number of nitrogens with zero attached hydrogens (tertiary/aromatic N) is 1. The SMILES string of the molecule is COC(C)(C)c1cc(Cc2ccc(F)cc2)c(C(=O)c2cn(C)c(O)c2O)o1. The van der Waals surface area contributed by atoms with Crippen molar-refractivity contribution in [3.05, 3.63) is 70.6 Å². The molecule has 148 valence electrons. The molecule has 0 atom stereocenters. The summed E-state index contributed by atoms with van der Waals surface area (Å²) >= 11 is 0. The maximum Gasteiger partial charge on any atom is 0.235 e. The minimum atomic E-state index is -0.781. The number of halogens is 1. The molecule has 0 unspecified atom stereocenters. The first kappa shape index (κ1) is 19.7. The second-order valence-electron chi connectivity index (χ2n) is 7.14. The molecule has 0 aliphatic carbocycles. The summed E-state index contributed by atoms with van der Waals surface area (Å²) in [4.78, 5) is 13.0. The van der Waals surface area contributed by atoms with Gasteiger partial charge >= 0.3 is 0 Å². The number of methoxy groups -OCH3 is 1. The van der Waals surface area contributed by atoms with E-state index >= 15 is 0 Å². The van der Waals surface area contributed by atoms with Crippen molar-refractivity contribution in [1.29, 1.82) is 0 Å². The van der Waals surface area contributed by atoms with Crippen LogP contribution in [-0.4, -0.2) is 27.7 Å². The van der Waals surface area contributed by atoms with Gasteiger partial charge in [-0.25, -0.2) is 4.39 Å². The lowest BCUT2D eigenvalue weighted by Gasteiger charge is -2.19. The summed E-state index contributed by atoms with van der Waals surface area (Å²) < 4.78 is 25.7. The number of ether oxygens (including phenoxy) is 1. The summed E-state index contributed by atoms with van der Waals surface area (Å²) in [6, 6.07) is 7.67. The highest BCUT2D eigenvalue weighted by Gasteiger charge is 2.31. The van der Waals surface area contributed by atoms with Gasteiger partial charge in [0.15, 0.2) is 11.5 Å². The first-order valence-corrected chi connectivity index (χ1v) is 8.68.